The molecule has 16 heavy (non-hydrogen) atoms. The van der Waals surface area contributed by atoms with Crippen LogP contribution in [-0.4, -0.2) is 24.5 Å². The topological polar surface area (TPSA) is 41.1 Å². The molecule has 3 heteroatoms. The number of carbonyl (C=O) groups is 1. The second-order valence-corrected chi connectivity index (χ2v) is 5.67. The number of hydrogen-bond acceptors (Lipinski definition) is 2. The highest BCUT2D eigenvalue weighted by Crippen LogP contribution is 2.29. The minimum Gasteiger partial charge on any atom is -0.355 e. The van der Waals surface area contributed by atoms with E-state index in [1.165, 1.54) is 19.3 Å². The van der Waals surface area contributed by atoms with Crippen LogP contribution in [0.1, 0.15) is 46.0 Å². The van der Waals surface area contributed by atoms with Crippen LogP contribution in [0.15, 0.2) is 0 Å². The standard InChI is InChI=1S/C13H24N2O/c1-9-3-4-11(7-10(9)2)15-12-5-6-13(16)14-8-12/h9-12,15H,3-8H2,1-2H3,(H,14,16). The minimum absolute atomic E-state index is 0.212. The fraction of sp³-hybridized carbons (Fsp3) is 0.923. The molecule has 0 aromatic rings. The summed E-state index contributed by atoms with van der Waals surface area (Å²) in [5.74, 6) is 1.93. The average molecular weight is 224 g/mol. The molecule has 2 aliphatic rings. The highest BCUT2D eigenvalue weighted by molar-refractivity contribution is 5.76. The molecule has 2 N–H and O–H groups in total. The molecule has 4 unspecified atom stereocenters. The van der Waals surface area contributed by atoms with Gasteiger partial charge in [0.25, 0.3) is 0 Å². The summed E-state index contributed by atoms with van der Waals surface area (Å²) in [5.41, 5.74) is 0. The van der Waals surface area contributed by atoms with Crippen molar-refractivity contribution >= 4 is 5.91 Å². The number of hydrogen-bond donors (Lipinski definition) is 2. The fourth-order valence-corrected chi connectivity index (χ4v) is 2.91. The van der Waals surface area contributed by atoms with E-state index in [4.69, 9.17) is 0 Å². The summed E-state index contributed by atoms with van der Waals surface area (Å²) in [4.78, 5) is 11.1. The molecule has 4 atom stereocenters. The molecule has 2 fully saturated rings. The van der Waals surface area contributed by atoms with Gasteiger partial charge in [-0.25, -0.2) is 0 Å². The van der Waals surface area contributed by atoms with Gasteiger partial charge in [0.15, 0.2) is 0 Å². The van der Waals surface area contributed by atoms with Gasteiger partial charge in [-0.1, -0.05) is 13.8 Å². The van der Waals surface area contributed by atoms with E-state index in [0.29, 0.717) is 18.5 Å². The van der Waals surface area contributed by atoms with Gasteiger partial charge >= 0.3 is 0 Å². The molecule has 2 rings (SSSR count). The van der Waals surface area contributed by atoms with Crippen molar-refractivity contribution < 1.29 is 4.79 Å². The minimum atomic E-state index is 0.212. The third-order valence-corrected chi connectivity index (χ3v) is 4.34. The van der Waals surface area contributed by atoms with Gasteiger partial charge in [0.2, 0.25) is 5.91 Å². The Morgan fingerprint density at radius 3 is 2.56 bits per heavy atom. The molecule has 0 aromatic carbocycles. The number of amides is 1. The van der Waals surface area contributed by atoms with Crippen molar-refractivity contribution in [1.82, 2.24) is 10.6 Å². The van der Waals surface area contributed by atoms with E-state index >= 15 is 0 Å². The lowest BCUT2D eigenvalue weighted by molar-refractivity contribution is -0.122. The van der Waals surface area contributed by atoms with Crippen LogP contribution in [0.3, 0.4) is 0 Å². The second-order valence-electron chi connectivity index (χ2n) is 5.67. The van der Waals surface area contributed by atoms with Gasteiger partial charge in [-0.3, -0.25) is 4.79 Å². The highest BCUT2D eigenvalue weighted by atomic mass is 16.1. The van der Waals surface area contributed by atoms with Gasteiger partial charge in [-0.15, -0.1) is 0 Å². The predicted octanol–water partition coefficient (Wildman–Crippen LogP) is 1.68. The van der Waals surface area contributed by atoms with E-state index in [9.17, 15) is 4.79 Å². The summed E-state index contributed by atoms with van der Waals surface area (Å²) >= 11 is 0. The van der Waals surface area contributed by atoms with Gasteiger partial charge in [0.05, 0.1) is 0 Å². The van der Waals surface area contributed by atoms with Crippen molar-refractivity contribution in [2.24, 2.45) is 11.8 Å². The maximum atomic E-state index is 11.1. The van der Waals surface area contributed by atoms with Gasteiger partial charge in [0, 0.05) is 25.0 Å². The number of carbonyl (C=O) groups excluding carboxylic acids is 1. The van der Waals surface area contributed by atoms with Crippen molar-refractivity contribution in [2.45, 2.75) is 58.0 Å². The van der Waals surface area contributed by atoms with E-state index in [1.807, 2.05) is 0 Å². The van der Waals surface area contributed by atoms with Gasteiger partial charge in [-0.05, 0) is 37.5 Å². The van der Waals surface area contributed by atoms with Crippen LogP contribution in [-0.2, 0) is 4.79 Å². The monoisotopic (exact) mass is 224 g/mol. The molecule has 0 spiro atoms. The summed E-state index contributed by atoms with van der Waals surface area (Å²) in [7, 11) is 0. The van der Waals surface area contributed by atoms with Gasteiger partial charge in [-0.2, -0.15) is 0 Å². The number of rotatable bonds is 2. The molecule has 3 nitrogen and oxygen atoms in total. The van der Waals surface area contributed by atoms with Gasteiger partial charge in [0.1, 0.15) is 0 Å². The lowest BCUT2D eigenvalue weighted by atomic mass is 9.79. The maximum absolute atomic E-state index is 11.1. The zero-order valence-corrected chi connectivity index (χ0v) is 10.5. The largest absolute Gasteiger partial charge is 0.355 e. The quantitative estimate of drug-likeness (QED) is 0.749. The summed E-state index contributed by atoms with van der Waals surface area (Å²) in [6.45, 7) is 5.54. The first-order valence-corrected chi connectivity index (χ1v) is 6.68. The van der Waals surface area contributed by atoms with Crippen molar-refractivity contribution in [2.75, 3.05) is 6.54 Å². The van der Waals surface area contributed by atoms with Crippen molar-refractivity contribution in [3.63, 3.8) is 0 Å². The molecule has 0 aromatic heterocycles. The zero-order chi connectivity index (χ0) is 11.5. The molecular formula is C13H24N2O. The summed E-state index contributed by atoms with van der Waals surface area (Å²) in [5, 5.41) is 6.65. The Kier molecular flexibility index (Phi) is 3.85. The van der Waals surface area contributed by atoms with Crippen LogP contribution < -0.4 is 10.6 Å². The normalized spacial score (nSPS) is 40.5. The third kappa shape index (κ3) is 2.97. The second kappa shape index (κ2) is 5.17. The van der Waals surface area contributed by atoms with E-state index in [1.54, 1.807) is 0 Å². The van der Waals surface area contributed by atoms with Crippen LogP contribution in [0.5, 0.6) is 0 Å². The first kappa shape index (κ1) is 11.9. The fourth-order valence-electron chi connectivity index (χ4n) is 2.91. The molecule has 1 heterocycles. The summed E-state index contributed by atoms with van der Waals surface area (Å²) in [6.07, 6.45) is 5.64. The predicted molar refractivity (Wildman–Crippen MR) is 65.1 cm³/mol. The van der Waals surface area contributed by atoms with E-state index in [0.717, 1.165) is 24.8 Å². The first-order chi connectivity index (χ1) is 7.65. The Bertz CT molecular complexity index is 244. The van der Waals surface area contributed by atoms with Crippen LogP contribution in [0.25, 0.3) is 0 Å². The zero-order valence-electron chi connectivity index (χ0n) is 10.5. The Balaban J connectivity index is 1.75. The smallest absolute Gasteiger partial charge is 0.220 e. The van der Waals surface area contributed by atoms with Crippen LogP contribution in [0, 0.1) is 11.8 Å². The van der Waals surface area contributed by atoms with E-state index in [-0.39, 0.29) is 5.91 Å². The van der Waals surface area contributed by atoms with Crippen LogP contribution in [0.4, 0.5) is 0 Å². The molecule has 1 aliphatic heterocycles. The Hall–Kier alpha value is -0.570. The summed E-state index contributed by atoms with van der Waals surface area (Å²) in [6, 6.07) is 1.18. The van der Waals surface area contributed by atoms with Crippen molar-refractivity contribution in [1.29, 1.82) is 0 Å². The molecule has 1 saturated carbocycles. The SMILES string of the molecule is CC1CCC(NC2CCC(=O)NC2)CC1C. The maximum Gasteiger partial charge on any atom is 0.220 e. The molecule has 0 bridgehead atoms. The van der Waals surface area contributed by atoms with Crippen molar-refractivity contribution in [3.8, 4) is 0 Å². The third-order valence-electron chi connectivity index (χ3n) is 4.34. The first-order valence-electron chi connectivity index (χ1n) is 6.68. The van der Waals surface area contributed by atoms with Crippen LogP contribution >= 0.6 is 0 Å². The lowest BCUT2D eigenvalue weighted by Crippen LogP contribution is -2.50. The Morgan fingerprint density at radius 1 is 1.12 bits per heavy atom. The van der Waals surface area contributed by atoms with Crippen LogP contribution in [0.2, 0.25) is 0 Å². The lowest BCUT2D eigenvalue weighted by Gasteiger charge is -2.36. The molecule has 1 saturated heterocycles. The highest BCUT2D eigenvalue weighted by Gasteiger charge is 2.27. The molecule has 1 aliphatic carbocycles. The number of piperidine rings is 1. The van der Waals surface area contributed by atoms with Crippen molar-refractivity contribution in [3.05, 3.63) is 0 Å². The number of nitrogens with one attached hydrogen (secondary N) is 2. The Labute approximate surface area is 98.4 Å². The molecular weight excluding hydrogens is 200 g/mol. The Morgan fingerprint density at radius 2 is 1.94 bits per heavy atom. The van der Waals surface area contributed by atoms with E-state index < -0.39 is 0 Å². The van der Waals surface area contributed by atoms with Gasteiger partial charge < -0.3 is 10.6 Å². The van der Waals surface area contributed by atoms with E-state index in [2.05, 4.69) is 24.5 Å². The summed E-state index contributed by atoms with van der Waals surface area (Å²) < 4.78 is 0. The average Bonchev–Trinajstić information content (AvgIpc) is 2.27. The molecule has 0 radical (unpaired) electrons. The molecule has 92 valence electrons. The molecule has 1 amide bonds.